The van der Waals surface area contributed by atoms with Gasteiger partial charge in [0.2, 0.25) is 0 Å². The molecule has 4 rings (SSSR count). The van der Waals surface area contributed by atoms with Crippen molar-refractivity contribution in [3.05, 3.63) is 52.1 Å². The average Bonchev–Trinajstić information content (AvgIpc) is 2.94. The van der Waals surface area contributed by atoms with Crippen LogP contribution in [0.1, 0.15) is 11.4 Å². The first kappa shape index (κ1) is 15.5. The Balaban J connectivity index is 1.74. The second kappa shape index (κ2) is 6.47. The van der Waals surface area contributed by atoms with Crippen LogP contribution < -0.4 is 5.56 Å². The van der Waals surface area contributed by atoms with Gasteiger partial charge in [-0.2, -0.15) is 0 Å². The smallest absolute Gasteiger partial charge is 0.259 e. The normalized spacial score (nSPS) is 18.1. The summed E-state index contributed by atoms with van der Waals surface area (Å²) in [4.78, 5) is 22.0. The fourth-order valence-electron chi connectivity index (χ4n) is 3.02. The van der Waals surface area contributed by atoms with Crippen LogP contribution in [0.5, 0.6) is 0 Å². The highest BCUT2D eigenvalue weighted by Gasteiger charge is 2.19. The van der Waals surface area contributed by atoms with E-state index in [1.807, 2.05) is 25.1 Å². The second-order valence-corrected chi connectivity index (χ2v) is 6.89. The van der Waals surface area contributed by atoms with E-state index in [0.29, 0.717) is 37.5 Å². The number of H-pyrrole nitrogens is 1. The summed E-state index contributed by atoms with van der Waals surface area (Å²) in [5.74, 6) is 0.656. The molecule has 1 aromatic carbocycles. The summed E-state index contributed by atoms with van der Waals surface area (Å²) < 4.78 is 11.1. The summed E-state index contributed by atoms with van der Waals surface area (Å²) in [6.45, 7) is 3.74. The van der Waals surface area contributed by atoms with Crippen molar-refractivity contribution in [2.45, 2.75) is 19.4 Å². The molecule has 0 aliphatic carbocycles. The van der Waals surface area contributed by atoms with Gasteiger partial charge in [0.1, 0.15) is 10.7 Å². The van der Waals surface area contributed by atoms with Gasteiger partial charge < -0.3 is 14.5 Å². The zero-order chi connectivity index (χ0) is 16.5. The molecular weight excluding hydrogens is 324 g/mol. The van der Waals surface area contributed by atoms with Gasteiger partial charge in [-0.25, -0.2) is 4.98 Å². The highest BCUT2D eigenvalue weighted by molar-refractivity contribution is 7.22. The van der Waals surface area contributed by atoms with Gasteiger partial charge in [-0.05, 0) is 18.1 Å². The van der Waals surface area contributed by atoms with Crippen molar-refractivity contribution in [2.24, 2.45) is 0 Å². The monoisotopic (exact) mass is 342 g/mol. The number of ether oxygens (including phenoxy) is 2. The van der Waals surface area contributed by atoms with Crippen LogP contribution in [-0.4, -0.2) is 35.9 Å². The molecular formula is C18H18N2O3S. The number of fused-ring (bicyclic) bond motifs is 1. The summed E-state index contributed by atoms with van der Waals surface area (Å²) in [5.41, 5.74) is 2.02. The lowest BCUT2D eigenvalue weighted by Crippen LogP contribution is -2.31. The van der Waals surface area contributed by atoms with Gasteiger partial charge in [0, 0.05) is 11.3 Å². The third-order valence-electron chi connectivity index (χ3n) is 4.19. The predicted molar refractivity (Wildman–Crippen MR) is 94.7 cm³/mol. The Morgan fingerprint density at radius 1 is 1.29 bits per heavy atom. The molecule has 1 atom stereocenters. The van der Waals surface area contributed by atoms with E-state index in [1.165, 1.54) is 0 Å². The molecule has 1 unspecified atom stereocenters. The van der Waals surface area contributed by atoms with E-state index >= 15 is 0 Å². The van der Waals surface area contributed by atoms with Gasteiger partial charge in [0.05, 0.1) is 31.3 Å². The van der Waals surface area contributed by atoms with E-state index in [0.717, 1.165) is 20.8 Å². The second-order valence-electron chi connectivity index (χ2n) is 5.89. The third-order valence-corrected chi connectivity index (χ3v) is 5.43. The van der Waals surface area contributed by atoms with Crippen molar-refractivity contribution >= 4 is 21.6 Å². The topological polar surface area (TPSA) is 64.2 Å². The number of nitrogens with zero attached hydrogens (tertiary/aromatic N) is 1. The lowest BCUT2D eigenvalue weighted by atomic mass is 10.1. The molecule has 5 nitrogen and oxygen atoms in total. The van der Waals surface area contributed by atoms with Crippen molar-refractivity contribution in [1.82, 2.24) is 9.97 Å². The van der Waals surface area contributed by atoms with E-state index < -0.39 is 0 Å². The molecule has 0 saturated carbocycles. The van der Waals surface area contributed by atoms with Gasteiger partial charge in [-0.3, -0.25) is 4.79 Å². The number of aromatic nitrogens is 2. The van der Waals surface area contributed by atoms with Crippen LogP contribution >= 0.6 is 11.3 Å². The molecule has 0 bridgehead atoms. The van der Waals surface area contributed by atoms with Crippen molar-refractivity contribution in [3.8, 4) is 10.4 Å². The van der Waals surface area contributed by atoms with Gasteiger partial charge in [-0.15, -0.1) is 11.3 Å². The molecule has 124 valence electrons. The number of aromatic amines is 1. The number of thiophene rings is 1. The summed E-state index contributed by atoms with van der Waals surface area (Å²) in [6.07, 6.45) is 0.511. The number of rotatable bonds is 3. The molecule has 1 saturated heterocycles. The molecule has 1 aliphatic rings. The molecule has 2 aromatic heterocycles. The summed E-state index contributed by atoms with van der Waals surface area (Å²) in [7, 11) is 0. The molecule has 3 aromatic rings. The Labute approximate surface area is 143 Å². The minimum absolute atomic E-state index is 0.0472. The molecule has 1 fully saturated rings. The zero-order valence-electron chi connectivity index (χ0n) is 13.4. The SMILES string of the molecule is Cc1c(-c2ccccc2)sc2nc(CC3COCCO3)[nH]c(=O)c12. The minimum Gasteiger partial charge on any atom is -0.376 e. The van der Waals surface area contributed by atoms with Crippen LogP contribution in [0, 0.1) is 6.92 Å². The maximum atomic E-state index is 12.5. The fraction of sp³-hybridized carbons (Fsp3) is 0.333. The van der Waals surface area contributed by atoms with E-state index in [2.05, 4.69) is 22.1 Å². The Morgan fingerprint density at radius 3 is 2.88 bits per heavy atom. The highest BCUT2D eigenvalue weighted by atomic mass is 32.1. The van der Waals surface area contributed by atoms with Crippen LogP contribution in [-0.2, 0) is 15.9 Å². The number of benzene rings is 1. The number of nitrogens with one attached hydrogen (secondary N) is 1. The number of aryl methyl sites for hydroxylation is 1. The maximum absolute atomic E-state index is 12.5. The standard InChI is InChI=1S/C18H18N2O3S/c1-11-15-17(21)19-14(9-13-10-22-7-8-23-13)20-18(15)24-16(11)12-5-3-2-4-6-12/h2-6,13H,7-10H2,1H3,(H,19,20,21). The Bertz CT molecular complexity index is 911. The molecule has 0 amide bonds. The molecule has 6 heteroatoms. The molecule has 1 aliphatic heterocycles. The summed E-state index contributed by atoms with van der Waals surface area (Å²) >= 11 is 1.56. The van der Waals surface area contributed by atoms with E-state index in [4.69, 9.17) is 9.47 Å². The Morgan fingerprint density at radius 2 is 2.12 bits per heavy atom. The molecule has 0 radical (unpaired) electrons. The van der Waals surface area contributed by atoms with Gasteiger partial charge in [0.15, 0.2) is 0 Å². The first-order chi connectivity index (χ1) is 11.7. The summed E-state index contributed by atoms with van der Waals surface area (Å²) in [6, 6.07) is 10.1. The third kappa shape index (κ3) is 2.88. The zero-order valence-corrected chi connectivity index (χ0v) is 14.2. The lowest BCUT2D eigenvalue weighted by molar-refractivity contribution is -0.0878. The van der Waals surface area contributed by atoms with E-state index in [1.54, 1.807) is 11.3 Å². The maximum Gasteiger partial charge on any atom is 0.259 e. The molecule has 3 heterocycles. The van der Waals surface area contributed by atoms with Crippen molar-refractivity contribution in [2.75, 3.05) is 19.8 Å². The lowest BCUT2D eigenvalue weighted by Gasteiger charge is -2.22. The molecule has 0 spiro atoms. The van der Waals surface area contributed by atoms with Crippen molar-refractivity contribution in [3.63, 3.8) is 0 Å². The number of hydrogen-bond acceptors (Lipinski definition) is 5. The van der Waals surface area contributed by atoms with Crippen LogP contribution in [0.25, 0.3) is 20.7 Å². The minimum atomic E-state index is -0.0809. The van der Waals surface area contributed by atoms with Crippen LogP contribution in [0.3, 0.4) is 0 Å². The van der Waals surface area contributed by atoms with E-state index in [9.17, 15) is 4.79 Å². The van der Waals surface area contributed by atoms with E-state index in [-0.39, 0.29) is 11.7 Å². The quantitative estimate of drug-likeness (QED) is 0.795. The van der Waals surface area contributed by atoms with Crippen LogP contribution in [0.15, 0.2) is 35.1 Å². The summed E-state index contributed by atoms with van der Waals surface area (Å²) in [5, 5.41) is 0.684. The highest BCUT2D eigenvalue weighted by Crippen LogP contribution is 2.35. The van der Waals surface area contributed by atoms with Crippen molar-refractivity contribution in [1.29, 1.82) is 0 Å². The van der Waals surface area contributed by atoms with Gasteiger partial charge >= 0.3 is 0 Å². The van der Waals surface area contributed by atoms with Crippen LogP contribution in [0.4, 0.5) is 0 Å². The molecule has 1 N–H and O–H groups in total. The van der Waals surface area contributed by atoms with Gasteiger partial charge in [0.25, 0.3) is 5.56 Å². The van der Waals surface area contributed by atoms with Gasteiger partial charge in [-0.1, -0.05) is 30.3 Å². The Kier molecular flexibility index (Phi) is 4.18. The van der Waals surface area contributed by atoms with Crippen molar-refractivity contribution < 1.29 is 9.47 Å². The molecule has 24 heavy (non-hydrogen) atoms. The largest absolute Gasteiger partial charge is 0.376 e. The number of hydrogen-bond donors (Lipinski definition) is 1. The fourth-order valence-corrected chi connectivity index (χ4v) is 4.23. The predicted octanol–water partition coefficient (Wildman–Crippen LogP) is 2.92. The Hall–Kier alpha value is -2.02. The first-order valence-corrected chi connectivity index (χ1v) is 8.81. The van der Waals surface area contributed by atoms with Crippen LogP contribution in [0.2, 0.25) is 0 Å². The first-order valence-electron chi connectivity index (χ1n) is 7.99. The average molecular weight is 342 g/mol.